The average molecular weight is 116 g/mol. The molecule has 1 heterocycles. The normalized spacial score (nSPS) is 24.5. The number of carbonyl (C=O) groups is 1. The Bertz CT molecular complexity index is 121. The summed E-state index contributed by atoms with van der Waals surface area (Å²) in [6.45, 7) is 3.51. The summed E-state index contributed by atoms with van der Waals surface area (Å²) in [5.74, 6) is 0. The SMILES string of the molecule is CC1(C)NNC(=O)O1. The Morgan fingerprint density at radius 2 is 2.25 bits per heavy atom. The first-order valence-electron chi connectivity index (χ1n) is 2.36. The van der Waals surface area contributed by atoms with E-state index in [1.54, 1.807) is 13.8 Å². The third kappa shape index (κ3) is 0.894. The summed E-state index contributed by atoms with van der Waals surface area (Å²) in [6.07, 6.45) is -0.421. The molecule has 0 bridgehead atoms. The van der Waals surface area contributed by atoms with Gasteiger partial charge in [0.2, 0.25) is 0 Å². The van der Waals surface area contributed by atoms with E-state index in [1.807, 2.05) is 0 Å². The highest BCUT2D eigenvalue weighted by molar-refractivity contribution is 5.68. The molecule has 1 saturated heterocycles. The Balaban J connectivity index is 2.56. The maximum Gasteiger partial charge on any atom is 0.423 e. The molecule has 0 unspecified atom stereocenters. The van der Waals surface area contributed by atoms with Crippen molar-refractivity contribution >= 4 is 6.09 Å². The Morgan fingerprint density at radius 3 is 2.38 bits per heavy atom. The van der Waals surface area contributed by atoms with Crippen molar-refractivity contribution < 1.29 is 9.53 Å². The molecule has 1 amide bonds. The second-order valence-electron chi connectivity index (χ2n) is 2.15. The van der Waals surface area contributed by atoms with E-state index in [-0.39, 0.29) is 0 Å². The number of hydrazine groups is 1. The lowest BCUT2D eigenvalue weighted by Gasteiger charge is -2.12. The van der Waals surface area contributed by atoms with Crippen LogP contribution in [0.1, 0.15) is 13.8 Å². The van der Waals surface area contributed by atoms with Crippen LogP contribution in [0.15, 0.2) is 0 Å². The molecule has 2 N–H and O–H groups in total. The van der Waals surface area contributed by atoms with Gasteiger partial charge in [0, 0.05) is 0 Å². The van der Waals surface area contributed by atoms with E-state index in [0.29, 0.717) is 0 Å². The van der Waals surface area contributed by atoms with Crippen LogP contribution in [0, 0.1) is 0 Å². The fraction of sp³-hybridized carbons (Fsp3) is 0.750. The zero-order chi connectivity index (χ0) is 6.20. The molecule has 0 saturated carbocycles. The highest BCUT2D eigenvalue weighted by atomic mass is 16.6. The Labute approximate surface area is 47.2 Å². The summed E-state index contributed by atoms with van der Waals surface area (Å²) in [7, 11) is 0. The number of nitrogens with one attached hydrogen (secondary N) is 2. The van der Waals surface area contributed by atoms with Crippen LogP contribution >= 0.6 is 0 Å². The van der Waals surface area contributed by atoms with Gasteiger partial charge in [-0.2, -0.15) is 5.43 Å². The van der Waals surface area contributed by atoms with Crippen LogP contribution in [0.2, 0.25) is 0 Å². The van der Waals surface area contributed by atoms with Crippen molar-refractivity contribution in [2.75, 3.05) is 0 Å². The van der Waals surface area contributed by atoms with Gasteiger partial charge in [-0.3, -0.25) is 5.43 Å². The Morgan fingerprint density at radius 1 is 1.62 bits per heavy atom. The molecule has 0 aromatic heterocycles. The molecule has 0 atom stereocenters. The molecule has 1 fully saturated rings. The minimum Gasteiger partial charge on any atom is -0.426 e. The number of amides is 1. The van der Waals surface area contributed by atoms with Crippen LogP contribution in [0.25, 0.3) is 0 Å². The van der Waals surface area contributed by atoms with Gasteiger partial charge in [0.05, 0.1) is 0 Å². The molecule has 4 heteroatoms. The van der Waals surface area contributed by atoms with Crippen molar-refractivity contribution in [1.29, 1.82) is 0 Å². The molecule has 8 heavy (non-hydrogen) atoms. The number of rotatable bonds is 0. The van der Waals surface area contributed by atoms with Crippen LogP contribution in [-0.2, 0) is 4.74 Å². The standard InChI is InChI=1S/C4H8N2O2/c1-4(2)6-5-3(7)8-4/h6H,1-2H3,(H,5,7). The van der Waals surface area contributed by atoms with E-state index in [2.05, 4.69) is 15.6 Å². The fourth-order valence-corrected chi connectivity index (χ4v) is 0.484. The highest BCUT2D eigenvalue weighted by Gasteiger charge is 2.29. The van der Waals surface area contributed by atoms with Gasteiger partial charge in [-0.05, 0) is 13.8 Å². The third-order valence-electron chi connectivity index (χ3n) is 0.813. The van der Waals surface area contributed by atoms with Gasteiger partial charge in [0.25, 0.3) is 0 Å². The van der Waals surface area contributed by atoms with E-state index in [9.17, 15) is 4.79 Å². The van der Waals surface area contributed by atoms with E-state index in [0.717, 1.165) is 0 Å². The molecular weight excluding hydrogens is 108 g/mol. The van der Waals surface area contributed by atoms with E-state index < -0.39 is 11.8 Å². The average Bonchev–Trinajstić information content (AvgIpc) is 1.82. The molecule has 0 radical (unpaired) electrons. The smallest absolute Gasteiger partial charge is 0.423 e. The van der Waals surface area contributed by atoms with Crippen molar-refractivity contribution in [2.45, 2.75) is 19.6 Å². The lowest BCUT2D eigenvalue weighted by molar-refractivity contribution is 0.0642. The maximum absolute atomic E-state index is 10.3. The van der Waals surface area contributed by atoms with Crippen molar-refractivity contribution in [3.8, 4) is 0 Å². The van der Waals surface area contributed by atoms with Gasteiger partial charge in [-0.25, -0.2) is 4.79 Å². The number of cyclic esters (lactones) is 1. The fourth-order valence-electron chi connectivity index (χ4n) is 0.484. The predicted molar refractivity (Wildman–Crippen MR) is 26.8 cm³/mol. The molecule has 4 nitrogen and oxygen atoms in total. The number of hydrogen-bond acceptors (Lipinski definition) is 3. The number of hydrogen-bond donors (Lipinski definition) is 2. The summed E-state index contributed by atoms with van der Waals surface area (Å²) in [4.78, 5) is 10.3. The van der Waals surface area contributed by atoms with Crippen molar-refractivity contribution in [2.24, 2.45) is 0 Å². The van der Waals surface area contributed by atoms with Crippen LogP contribution in [0.5, 0.6) is 0 Å². The van der Waals surface area contributed by atoms with Crippen molar-refractivity contribution in [3.05, 3.63) is 0 Å². The van der Waals surface area contributed by atoms with Crippen molar-refractivity contribution in [3.63, 3.8) is 0 Å². The van der Waals surface area contributed by atoms with Crippen LogP contribution < -0.4 is 10.9 Å². The monoisotopic (exact) mass is 116 g/mol. The topological polar surface area (TPSA) is 50.4 Å². The first-order valence-corrected chi connectivity index (χ1v) is 2.36. The highest BCUT2D eigenvalue weighted by Crippen LogP contribution is 2.06. The molecule has 0 aromatic carbocycles. The summed E-state index contributed by atoms with van der Waals surface area (Å²) in [6, 6.07) is 0. The van der Waals surface area contributed by atoms with Gasteiger partial charge in [0.15, 0.2) is 5.72 Å². The molecule has 1 rings (SSSR count). The zero-order valence-electron chi connectivity index (χ0n) is 4.82. The van der Waals surface area contributed by atoms with E-state index in [1.165, 1.54) is 0 Å². The van der Waals surface area contributed by atoms with E-state index >= 15 is 0 Å². The maximum atomic E-state index is 10.3. The first-order chi connectivity index (χ1) is 3.60. The first kappa shape index (κ1) is 5.37. The summed E-state index contributed by atoms with van der Waals surface area (Å²) < 4.78 is 4.69. The molecule has 0 aliphatic carbocycles. The third-order valence-corrected chi connectivity index (χ3v) is 0.813. The second kappa shape index (κ2) is 1.35. The molecule has 1 aliphatic heterocycles. The summed E-state index contributed by atoms with van der Waals surface area (Å²) in [5, 5.41) is 0. The van der Waals surface area contributed by atoms with Crippen molar-refractivity contribution in [1.82, 2.24) is 10.9 Å². The molecule has 1 aliphatic rings. The van der Waals surface area contributed by atoms with Crippen LogP contribution in [-0.4, -0.2) is 11.8 Å². The Hall–Kier alpha value is -0.770. The predicted octanol–water partition coefficient (Wildman–Crippen LogP) is -0.0331. The Kier molecular flexibility index (Phi) is 0.907. The van der Waals surface area contributed by atoms with Crippen LogP contribution in [0.3, 0.4) is 0 Å². The minimum absolute atomic E-state index is 0.421. The second-order valence-corrected chi connectivity index (χ2v) is 2.15. The number of carbonyl (C=O) groups excluding carboxylic acids is 1. The molecule has 0 spiro atoms. The zero-order valence-corrected chi connectivity index (χ0v) is 4.82. The number of ether oxygens (including phenoxy) is 1. The molecule has 46 valence electrons. The largest absolute Gasteiger partial charge is 0.426 e. The van der Waals surface area contributed by atoms with Gasteiger partial charge >= 0.3 is 6.09 Å². The minimum atomic E-state index is -0.545. The molecule has 0 aromatic rings. The lowest BCUT2D eigenvalue weighted by Crippen LogP contribution is -2.38. The van der Waals surface area contributed by atoms with Gasteiger partial charge in [-0.15, -0.1) is 0 Å². The van der Waals surface area contributed by atoms with Gasteiger partial charge < -0.3 is 4.74 Å². The van der Waals surface area contributed by atoms with Gasteiger partial charge in [0.1, 0.15) is 0 Å². The van der Waals surface area contributed by atoms with E-state index in [4.69, 9.17) is 0 Å². The van der Waals surface area contributed by atoms with Crippen LogP contribution in [0.4, 0.5) is 4.79 Å². The van der Waals surface area contributed by atoms with Gasteiger partial charge in [-0.1, -0.05) is 0 Å². The quantitative estimate of drug-likeness (QED) is 0.467. The summed E-state index contributed by atoms with van der Waals surface area (Å²) >= 11 is 0. The lowest BCUT2D eigenvalue weighted by atomic mass is 10.3. The summed E-state index contributed by atoms with van der Waals surface area (Å²) in [5.41, 5.74) is 4.38. The molecular formula is C4H8N2O2.